The number of allylic oxidation sites excluding steroid dienone is 1. The minimum Gasteiger partial charge on any atom is -0.484 e. The highest BCUT2D eigenvalue weighted by atomic mass is 16.5. The summed E-state index contributed by atoms with van der Waals surface area (Å²) in [4.78, 5) is 5.79. The van der Waals surface area contributed by atoms with Crippen molar-refractivity contribution < 1.29 is 14.2 Å². The van der Waals surface area contributed by atoms with E-state index in [0.29, 0.717) is 0 Å². The van der Waals surface area contributed by atoms with Crippen LogP contribution in [-0.2, 0) is 5.41 Å². The van der Waals surface area contributed by atoms with Crippen molar-refractivity contribution in [2.45, 2.75) is 29.9 Å². The summed E-state index contributed by atoms with van der Waals surface area (Å²) < 4.78 is 20.3. The smallest absolute Gasteiger partial charge is 0.162 e. The molecule has 52 heavy (non-hydrogen) atoms. The molecule has 1 N–H and O–H groups in total. The molecule has 5 heteroatoms. The van der Waals surface area contributed by atoms with Gasteiger partial charge >= 0.3 is 0 Å². The first-order valence-electron chi connectivity index (χ1n) is 18.0. The number of hydrogen-bond acceptors (Lipinski definition) is 4. The fourth-order valence-corrected chi connectivity index (χ4v) is 9.02. The Morgan fingerprint density at radius 1 is 0.538 bits per heavy atom. The van der Waals surface area contributed by atoms with E-state index in [0.717, 1.165) is 80.1 Å². The van der Waals surface area contributed by atoms with Gasteiger partial charge in [0.25, 0.3) is 0 Å². The van der Waals surface area contributed by atoms with Gasteiger partial charge in [-0.05, 0) is 65.6 Å². The maximum atomic E-state index is 6.87. The third kappa shape index (κ3) is 4.23. The van der Waals surface area contributed by atoms with Crippen LogP contribution >= 0.6 is 0 Å². The van der Waals surface area contributed by atoms with Crippen LogP contribution < -0.4 is 19.1 Å². The zero-order valence-electron chi connectivity index (χ0n) is 28.3. The molecular weight excluding hydrogens is 641 g/mol. The number of ether oxygens (including phenoxy) is 3. The van der Waals surface area contributed by atoms with E-state index in [4.69, 9.17) is 14.2 Å². The van der Waals surface area contributed by atoms with E-state index in [2.05, 4.69) is 168 Å². The predicted molar refractivity (Wildman–Crippen MR) is 204 cm³/mol. The van der Waals surface area contributed by atoms with Crippen LogP contribution in [0, 0.1) is 0 Å². The molecule has 3 aliphatic heterocycles. The van der Waals surface area contributed by atoms with Crippen molar-refractivity contribution in [2.24, 2.45) is 0 Å². The molecule has 4 heterocycles. The molecule has 6 aromatic carbocycles. The number of nitrogens with one attached hydrogen (secondary N) is 1. The Hall–Kier alpha value is -6.46. The number of nitrogens with zero attached hydrogens (tertiary/aromatic N) is 1. The number of benzene rings is 6. The summed E-state index contributed by atoms with van der Waals surface area (Å²) in [6.07, 6.45) is 7.46. The standard InChI is InChI=1S/C47H34N2O3/c1-3-11-30(12-4-1)31-19-22-37-43(27-31)50-40-17-9-7-15-35(40)47(37)36-16-8-10-18-41(36)51-44-28-32(20-23-38(44)47)33-21-24-39-45(29-33)52-42-25-26-48-46(42)49(39)34-13-5-2-6-14-34/h1-28,33,39,45,48H,29H2. The second-order valence-electron chi connectivity index (χ2n) is 14.0. The van der Waals surface area contributed by atoms with Crippen molar-refractivity contribution in [1.82, 2.24) is 4.98 Å². The van der Waals surface area contributed by atoms with Gasteiger partial charge in [0.1, 0.15) is 29.1 Å². The minimum atomic E-state index is -0.636. The molecule has 1 aromatic heterocycles. The summed E-state index contributed by atoms with van der Waals surface area (Å²) in [5, 5.41) is 0. The molecule has 0 saturated carbocycles. The van der Waals surface area contributed by atoms with E-state index in [-0.39, 0.29) is 18.1 Å². The summed E-state index contributed by atoms with van der Waals surface area (Å²) in [7, 11) is 0. The Kier molecular flexibility index (Phi) is 6.35. The van der Waals surface area contributed by atoms with Crippen molar-refractivity contribution in [3.63, 3.8) is 0 Å². The van der Waals surface area contributed by atoms with Crippen LogP contribution in [0.15, 0.2) is 170 Å². The third-order valence-electron chi connectivity index (χ3n) is 11.3. The van der Waals surface area contributed by atoms with E-state index in [1.165, 1.54) is 5.56 Å². The Morgan fingerprint density at radius 3 is 1.92 bits per heavy atom. The Balaban J connectivity index is 1.04. The first kappa shape index (κ1) is 29.3. The Morgan fingerprint density at radius 2 is 1.17 bits per heavy atom. The lowest BCUT2D eigenvalue weighted by Gasteiger charge is -2.45. The lowest BCUT2D eigenvalue weighted by Crippen LogP contribution is -2.48. The molecule has 1 aliphatic carbocycles. The molecule has 0 fully saturated rings. The molecule has 4 atom stereocenters. The normalized spacial score (nSPS) is 21.6. The molecule has 0 amide bonds. The number of hydrogen-bond donors (Lipinski definition) is 1. The van der Waals surface area contributed by atoms with Gasteiger partial charge in [0.05, 0.1) is 11.5 Å². The first-order valence-corrected chi connectivity index (χ1v) is 18.0. The number of para-hydroxylation sites is 3. The number of H-pyrrole nitrogens is 1. The van der Waals surface area contributed by atoms with Gasteiger partial charge < -0.3 is 24.1 Å². The largest absolute Gasteiger partial charge is 0.484 e. The third-order valence-corrected chi connectivity index (χ3v) is 11.3. The monoisotopic (exact) mass is 674 g/mol. The van der Waals surface area contributed by atoms with Crippen LogP contribution in [0.4, 0.5) is 11.5 Å². The van der Waals surface area contributed by atoms with E-state index in [1.807, 2.05) is 12.3 Å². The number of fused-ring (bicyclic) bond motifs is 10. The van der Waals surface area contributed by atoms with Crippen molar-refractivity contribution in [2.75, 3.05) is 4.90 Å². The second-order valence-corrected chi connectivity index (χ2v) is 14.0. The van der Waals surface area contributed by atoms with Crippen molar-refractivity contribution in [1.29, 1.82) is 0 Å². The average molecular weight is 675 g/mol. The number of aromatic nitrogens is 1. The zero-order valence-corrected chi connectivity index (χ0v) is 28.3. The zero-order chi connectivity index (χ0) is 34.2. The molecule has 0 bridgehead atoms. The van der Waals surface area contributed by atoms with Gasteiger partial charge in [-0.25, -0.2) is 0 Å². The van der Waals surface area contributed by atoms with E-state index in [1.54, 1.807) is 0 Å². The van der Waals surface area contributed by atoms with Gasteiger partial charge in [0, 0.05) is 40.1 Å². The van der Waals surface area contributed by atoms with E-state index in [9.17, 15) is 0 Å². The van der Waals surface area contributed by atoms with Crippen molar-refractivity contribution >= 4 is 11.5 Å². The number of aromatic amines is 1. The Bertz CT molecular complexity index is 2510. The molecule has 7 aromatic rings. The summed E-state index contributed by atoms with van der Waals surface area (Å²) >= 11 is 0. The molecule has 5 nitrogen and oxygen atoms in total. The molecule has 4 unspecified atom stereocenters. The maximum absolute atomic E-state index is 6.87. The number of rotatable bonds is 3. The predicted octanol–water partition coefficient (Wildman–Crippen LogP) is 11.3. The van der Waals surface area contributed by atoms with Crippen molar-refractivity contribution in [3.8, 4) is 39.9 Å². The summed E-state index contributed by atoms with van der Waals surface area (Å²) in [5.41, 5.74) is 8.43. The molecule has 0 radical (unpaired) electrons. The fraction of sp³-hybridized carbons (Fsp3) is 0.106. The van der Waals surface area contributed by atoms with Crippen LogP contribution in [-0.4, -0.2) is 17.1 Å². The lowest BCUT2D eigenvalue weighted by atomic mass is 9.62. The van der Waals surface area contributed by atoms with Gasteiger partial charge in [-0.3, -0.25) is 0 Å². The number of anilines is 2. The van der Waals surface area contributed by atoms with Crippen LogP contribution in [0.25, 0.3) is 11.1 Å². The average Bonchev–Trinajstić information content (AvgIpc) is 3.68. The summed E-state index contributed by atoms with van der Waals surface area (Å²) in [5.74, 6) is 5.47. The molecule has 1 spiro atoms. The Labute approximate surface area is 302 Å². The minimum absolute atomic E-state index is 0.0180. The van der Waals surface area contributed by atoms with E-state index < -0.39 is 5.41 Å². The van der Waals surface area contributed by atoms with Gasteiger partial charge in [-0.1, -0.05) is 121 Å². The highest BCUT2D eigenvalue weighted by Gasteiger charge is 2.51. The van der Waals surface area contributed by atoms with Crippen LogP contribution in [0.1, 0.15) is 40.2 Å². The molecule has 0 saturated heterocycles. The van der Waals surface area contributed by atoms with Crippen LogP contribution in [0.5, 0.6) is 28.7 Å². The summed E-state index contributed by atoms with van der Waals surface area (Å²) in [6.45, 7) is 0. The fourth-order valence-electron chi connectivity index (χ4n) is 9.02. The molecule has 11 rings (SSSR count). The highest BCUT2D eigenvalue weighted by Crippen LogP contribution is 2.62. The molecule has 4 aliphatic rings. The topological polar surface area (TPSA) is 46.7 Å². The van der Waals surface area contributed by atoms with Crippen LogP contribution in [0.2, 0.25) is 0 Å². The van der Waals surface area contributed by atoms with Gasteiger partial charge in [-0.15, -0.1) is 0 Å². The summed E-state index contributed by atoms with van der Waals surface area (Å²) in [6, 6.07) is 53.6. The lowest BCUT2D eigenvalue weighted by molar-refractivity contribution is 0.154. The molecule has 250 valence electrons. The first-order chi connectivity index (χ1) is 25.8. The van der Waals surface area contributed by atoms with Gasteiger partial charge in [0.15, 0.2) is 11.6 Å². The highest BCUT2D eigenvalue weighted by molar-refractivity contribution is 5.78. The quantitative estimate of drug-likeness (QED) is 0.190. The SMILES string of the molecule is C1=CC2C(CC1c1ccc3c(c1)Oc1ccccc1C31c3ccccc3Oc3cc(-c4ccccc4)ccc31)Oc1cc[nH]c1N2c1ccccc1. The van der Waals surface area contributed by atoms with Gasteiger partial charge in [0.2, 0.25) is 0 Å². The van der Waals surface area contributed by atoms with Crippen molar-refractivity contribution in [3.05, 3.63) is 198 Å². The van der Waals surface area contributed by atoms with Gasteiger partial charge in [-0.2, -0.15) is 0 Å². The maximum Gasteiger partial charge on any atom is 0.162 e. The second kappa shape index (κ2) is 11.3. The van der Waals surface area contributed by atoms with Crippen LogP contribution in [0.3, 0.4) is 0 Å². The molecular formula is C47H34N2O3. The van der Waals surface area contributed by atoms with E-state index >= 15 is 0 Å².